The normalized spacial score (nSPS) is 11.0. The lowest BCUT2D eigenvalue weighted by Crippen LogP contribution is -2.35. The third-order valence-corrected chi connectivity index (χ3v) is 4.32. The zero-order valence-corrected chi connectivity index (χ0v) is 15.2. The van der Waals surface area contributed by atoms with Gasteiger partial charge in [0.2, 0.25) is 5.91 Å². The minimum Gasteiger partial charge on any atom is -0.355 e. The number of carbonyl (C=O) groups is 1. The van der Waals surface area contributed by atoms with Gasteiger partial charge in [-0.3, -0.25) is 19.4 Å². The van der Waals surface area contributed by atoms with E-state index in [4.69, 9.17) is 11.6 Å². The van der Waals surface area contributed by atoms with E-state index in [2.05, 4.69) is 15.4 Å². The molecule has 0 radical (unpaired) electrons. The number of aromatic nitrogens is 3. The van der Waals surface area contributed by atoms with Crippen molar-refractivity contribution in [1.29, 1.82) is 0 Å². The summed E-state index contributed by atoms with van der Waals surface area (Å²) in [6.07, 6.45) is 4.33. The highest BCUT2D eigenvalue weighted by molar-refractivity contribution is 6.31. The second-order valence-corrected chi connectivity index (χ2v) is 6.32. The minimum absolute atomic E-state index is 0.0259. The molecule has 0 aromatic carbocycles. The van der Waals surface area contributed by atoms with E-state index in [0.29, 0.717) is 13.1 Å². The van der Waals surface area contributed by atoms with Gasteiger partial charge in [-0.15, -0.1) is 0 Å². The maximum Gasteiger partial charge on any atom is 0.234 e. The molecule has 0 aliphatic heterocycles. The summed E-state index contributed by atoms with van der Waals surface area (Å²) < 4.78 is 1.89. The van der Waals surface area contributed by atoms with Gasteiger partial charge >= 0.3 is 0 Å². The molecule has 0 fully saturated rings. The van der Waals surface area contributed by atoms with Crippen molar-refractivity contribution in [3.05, 3.63) is 46.5 Å². The lowest BCUT2D eigenvalue weighted by Gasteiger charge is -2.16. The highest BCUT2D eigenvalue weighted by atomic mass is 35.5. The van der Waals surface area contributed by atoms with Crippen molar-refractivity contribution in [3.8, 4) is 0 Å². The summed E-state index contributed by atoms with van der Waals surface area (Å²) >= 11 is 6.12. The van der Waals surface area contributed by atoms with Gasteiger partial charge in [-0.05, 0) is 45.0 Å². The van der Waals surface area contributed by atoms with Crippen LogP contribution in [0.2, 0.25) is 5.02 Å². The quantitative estimate of drug-likeness (QED) is 0.742. The molecule has 0 aliphatic carbocycles. The van der Waals surface area contributed by atoms with Crippen LogP contribution in [0.15, 0.2) is 24.5 Å². The van der Waals surface area contributed by atoms with Crippen molar-refractivity contribution in [2.45, 2.75) is 33.4 Å². The Hall–Kier alpha value is -1.92. The molecule has 2 heterocycles. The fourth-order valence-electron chi connectivity index (χ4n) is 2.51. The van der Waals surface area contributed by atoms with Crippen LogP contribution in [0.1, 0.15) is 23.4 Å². The first-order chi connectivity index (χ1) is 11.5. The monoisotopic (exact) mass is 349 g/mol. The molecule has 2 rings (SSSR count). The lowest BCUT2D eigenvalue weighted by atomic mass is 10.2. The molecule has 1 amide bonds. The summed E-state index contributed by atoms with van der Waals surface area (Å²) in [5.74, 6) is 0.0259. The summed E-state index contributed by atoms with van der Waals surface area (Å²) in [5, 5.41) is 8.04. The van der Waals surface area contributed by atoms with E-state index in [0.717, 1.165) is 41.5 Å². The average molecular weight is 350 g/mol. The number of hydrogen-bond donors (Lipinski definition) is 1. The molecule has 6 nitrogen and oxygen atoms in total. The van der Waals surface area contributed by atoms with Crippen LogP contribution in [0.4, 0.5) is 0 Å². The van der Waals surface area contributed by atoms with Crippen LogP contribution in [0.25, 0.3) is 0 Å². The molecule has 0 unspecified atom stereocenters. The van der Waals surface area contributed by atoms with E-state index in [-0.39, 0.29) is 5.91 Å². The molecule has 1 N–H and O–H groups in total. The molecule has 0 saturated heterocycles. The molecule has 0 spiro atoms. The number of nitrogens with one attached hydrogen (secondary N) is 1. The van der Waals surface area contributed by atoms with Gasteiger partial charge in [0.1, 0.15) is 0 Å². The molecular weight excluding hydrogens is 326 g/mol. The van der Waals surface area contributed by atoms with Crippen LogP contribution >= 0.6 is 11.6 Å². The van der Waals surface area contributed by atoms with E-state index >= 15 is 0 Å². The minimum atomic E-state index is 0.0259. The third kappa shape index (κ3) is 5.32. The van der Waals surface area contributed by atoms with Crippen LogP contribution in [-0.2, 0) is 17.9 Å². The Balaban J connectivity index is 1.67. The SMILES string of the molecule is Cc1nn(CCCNC(=O)CN(C)Cc2ccncc2)c(C)c1Cl. The summed E-state index contributed by atoms with van der Waals surface area (Å²) in [6, 6.07) is 3.90. The van der Waals surface area contributed by atoms with Gasteiger partial charge in [-0.25, -0.2) is 0 Å². The molecule has 0 saturated carbocycles. The first-order valence-electron chi connectivity index (χ1n) is 8.01. The Morgan fingerprint density at radius 3 is 2.67 bits per heavy atom. The number of amides is 1. The standard InChI is InChI=1S/C17H24ClN5O/c1-13-17(18)14(2)23(21-13)10-4-7-20-16(24)12-22(3)11-15-5-8-19-9-6-15/h5-6,8-9H,4,7,10-12H2,1-3H3,(H,20,24). The molecule has 130 valence electrons. The van der Waals surface area contributed by atoms with E-state index in [1.807, 2.05) is 42.6 Å². The van der Waals surface area contributed by atoms with Crippen LogP contribution in [0, 0.1) is 13.8 Å². The highest BCUT2D eigenvalue weighted by Crippen LogP contribution is 2.18. The predicted molar refractivity (Wildman–Crippen MR) is 94.9 cm³/mol. The molecule has 2 aromatic rings. The molecule has 7 heteroatoms. The van der Waals surface area contributed by atoms with Crippen molar-refractivity contribution in [1.82, 2.24) is 25.0 Å². The second kappa shape index (κ2) is 8.80. The van der Waals surface area contributed by atoms with Gasteiger partial charge in [0.15, 0.2) is 0 Å². The van der Waals surface area contributed by atoms with Crippen molar-refractivity contribution in [3.63, 3.8) is 0 Å². The number of pyridine rings is 1. The topological polar surface area (TPSA) is 63.1 Å². The Morgan fingerprint density at radius 1 is 1.33 bits per heavy atom. The van der Waals surface area contributed by atoms with Gasteiger partial charge in [0.25, 0.3) is 0 Å². The van der Waals surface area contributed by atoms with E-state index in [9.17, 15) is 4.79 Å². The smallest absolute Gasteiger partial charge is 0.234 e. The van der Waals surface area contributed by atoms with Crippen molar-refractivity contribution < 1.29 is 4.79 Å². The van der Waals surface area contributed by atoms with Gasteiger partial charge in [0, 0.05) is 32.0 Å². The zero-order valence-electron chi connectivity index (χ0n) is 14.4. The van der Waals surface area contributed by atoms with E-state index < -0.39 is 0 Å². The van der Waals surface area contributed by atoms with Crippen molar-refractivity contribution >= 4 is 17.5 Å². The summed E-state index contributed by atoms with van der Waals surface area (Å²) in [6.45, 7) is 6.31. The Kier molecular flexibility index (Phi) is 6.75. The highest BCUT2D eigenvalue weighted by Gasteiger charge is 2.09. The zero-order chi connectivity index (χ0) is 17.5. The van der Waals surface area contributed by atoms with Crippen molar-refractivity contribution in [2.24, 2.45) is 0 Å². The third-order valence-electron chi connectivity index (χ3n) is 3.78. The maximum absolute atomic E-state index is 12.0. The first kappa shape index (κ1) is 18.4. The van der Waals surface area contributed by atoms with Crippen LogP contribution in [0.3, 0.4) is 0 Å². The van der Waals surface area contributed by atoms with Crippen LogP contribution in [0.5, 0.6) is 0 Å². The lowest BCUT2D eigenvalue weighted by molar-refractivity contribution is -0.122. The Morgan fingerprint density at radius 2 is 2.04 bits per heavy atom. The second-order valence-electron chi connectivity index (χ2n) is 5.94. The fourth-order valence-corrected chi connectivity index (χ4v) is 2.64. The summed E-state index contributed by atoms with van der Waals surface area (Å²) in [7, 11) is 1.93. The Labute approximate surface area is 147 Å². The van der Waals surface area contributed by atoms with Gasteiger partial charge < -0.3 is 5.32 Å². The van der Waals surface area contributed by atoms with Gasteiger partial charge in [-0.1, -0.05) is 11.6 Å². The molecule has 0 atom stereocenters. The van der Waals surface area contributed by atoms with Crippen molar-refractivity contribution in [2.75, 3.05) is 20.1 Å². The molecule has 0 bridgehead atoms. The first-order valence-corrected chi connectivity index (χ1v) is 8.39. The van der Waals surface area contributed by atoms with E-state index in [1.165, 1.54) is 0 Å². The number of rotatable bonds is 8. The molecule has 2 aromatic heterocycles. The number of nitrogens with zero attached hydrogens (tertiary/aromatic N) is 4. The van der Waals surface area contributed by atoms with Crippen LogP contribution < -0.4 is 5.32 Å². The van der Waals surface area contributed by atoms with Crippen LogP contribution in [-0.4, -0.2) is 45.7 Å². The van der Waals surface area contributed by atoms with E-state index in [1.54, 1.807) is 12.4 Å². The van der Waals surface area contributed by atoms with Gasteiger partial charge in [-0.2, -0.15) is 5.10 Å². The van der Waals surface area contributed by atoms with Gasteiger partial charge in [0.05, 0.1) is 23.0 Å². The number of carbonyl (C=O) groups excluding carboxylic acids is 1. The summed E-state index contributed by atoms with van der Waals surface area (Å²) in [5.41, 5.74) is 2.95. The number of hydrogen-bond acceptors (Lipinski definition) is 4. The number of halogens is 1. The average Bonchev–Trinajstić information content (AvgIpc) is 2.79. The molecular formula is C17H24ClN5O. The number of likely N-dealkylation sites (N-methyl/N-ethyl adjacent to an activating group) is 1. The number of aryl methyl sites for hydroxylation is 2. The maximum atomic E-state index is 12.0. The summed E-state index contributed by atoms with van der Waals surface area (Å²) in [4.78, 5) is 17.9. The molecule has 0 aliphatic rings. The largest absolute Gasteiger partial charge is 0.355 e. The predicted octanol–water partition coefficient (Wildman–Crippen LogP) is 2.19. The fraction of sp³-hybridized carbons (Fsp3) is 0.471. The molecule has 24 heavy (non-hydrogen) atoms. The Bertz CT molecular complexity index is 671.